The zero-order valence-electron chi connectivity index (χ0n) is 21.4. The minimum atomic E-state index is -0.346. The monoisotopic (exact) mass is 509 g/mol. The minimum Gasteiger partial charge on any atom is -0.490 e. The number of likely N-dealkylation sites (N-methyl/N-ethyl adjacent to an activating group) is 1. The third-order valence-corrected chi connectivity index (χ3v) is 7.38. The molecular formula is C30H31N5O3. The molecule has 3 heterocycles. The first-order valence-corrected chi connectivity index (χ1v) is 13.0. The molecule has 1 atom stereocenters. The van der Waals surface area contributed by atoms with Crippen molar-refractivity contribution < 1.29 is 9.53 Å². The van der Waals surface area contributed by atoms with Crippen molar-refractivity contribution in [3.8, 4) is 22.7 Å². The van der Waals surface area contributed by atoms with Gasteiger partial charge in [0, 0.05) is 38.3 Å². The number of carbonyl (C=O) groups excluding carboxylic acids is 1. The van der Waals surface area contributed by atoms with Crippen LogP contribution in [0.25, 0.3) is 16.9 Å². The second kappa shape index (κ2) is 10.2. The molecule has 0 spiro atoms. The highest BCUT2D eigenvalue weighted by Crippen LogP contribution is 2.34. The summed E-state index contributed by atoms with van der Waals surface area (Å²) in [6.07, 6.45) is 0.738. The lowest BCUT2D eigenvalue weighted by molar-refractivity contribution is 0.0631. The quantitative estimate of drug-likeness (QED) is 0.431. The van der Waals surface area contributed by atoms with Crippen LogP contribution in [0.5, 0.6) is 5.75 Å². The SMILES string of the molecule is CN1CCOc2ccc(-n3c(-c4ccccc4)c(C(=O)N4CCNC[C@H]4Cc4ccccc4)[nH]c3=O)cc21. The normalized spacial score (nSPS) is 17.1. The van der Waals surface area contributed by atoms with Crippen LogP contribution < -0.4 is 20.6 Å². The molecule has 38 heavy (non-hydrogen) atoms. The average molecular weight is 510 g/mol. The number of imidazole rings is 1. The number of fused-ring (bicyclic) bond motifs is 1. The van der Waals surface area contributed by atoms with E-state index in [1.54, 1.807) is 4.57 Å². The van der Waals surface area contributed by atoms with Gasteiger partial charge in [0.1, 0.15) is 18.1 Å². The molecule has 2 aliphatic heterocycles. The molecule has 0 radical (unpaired) electrons. The minimum absolute atomic E-state index is 0.0244. The molecule has 1 fully saturated rings. The van der Waals surface area contributed by atoms with Crippen molar-refractivity contribution in [3.05, 3.63) is 101 Å². The molecule has 3 aromatic carbocycles. The highest BCUT2D eigenvalue weighted by Gasteiger charge is 2.32. The molecule has 2 aliphatic rings. The van der Waals surface area contributed by atoms with Crippen LogP contribution in [0.4, 0.5) is 5.69 Å². The van der Waals surface area contributed by atoms with Crippen LogP contribution in [0.1, 0.15) is 16.1 Å². The van der Waals surface area contributed by atoms with Crippen LogP contribution >= 0.6 is 0 Å². The molecule has 0 bridgehead atoms. The maximum atomic E-state index is 14.2. The molecule has 194 valence electrons. The highest BCUT2D eigenvalue weighted by molar-refractivity contribution is 5.99. The summed E-state index contributed by atoms with van der Waals surface area (Å²) in [6, 6.07) is 25.5. The van der Waals surface area contributed by atoms with Crippen LogP contribution in [0.2, 0.25) is 0 Å². The van der Waals surface area contributed by atoms with Crippen LogP contribution in [-0.2, 0) is 6.42 Å². The maximum Gasteiger partial charge on any atom is 0.331 e. The largest absolute Gasteiger partial charge is 0.490 e. The second-order valence-electron chi connectivity index (χ2n) is 9.82. The molecule has 1 saturated heterocycles. The topological polar surface area (TPSA) is 82.6 Å². The van der Waals surface area contributed by atoms with Crippen LogP contribution in [0, 0.1) is 0 Å². The Hall–Kier alpha value is -4.30. The van der Waals surface area contributed by atoms with Crippen LogP contribution in [0.3, 0.4) is 0 Å². The van der Waals surface area contributed by atoms with Gasteiger partial charge in [-0.05, 0) is 30.2 Å². The third kappa shape index (κ3) is 4.48. The summed E-state index contributed by atoms with van der Waals surface area (Å²) in [5.41, 5.74) is 4.10. The molecule has 6 rings (SSSR count). The van der Waals surface area contributed by atoms with E-state index in [2.05, 4.69) is 27.3 Å². The number of nitrogens with one attached hydrogen (secondary N) is 2. The van der Waals surface area contributed by atoms with Crippen molar-refractivity contribution in [2.75, 3.05) is 44.7 Å². The average Bonchev–Trinajstić information content (AvgIpc) is 3.31. The van der Waals surface area contributed by atoms with E-state index in [0.717, 1.165) is 30.0 Å². The van der Waals surface area contributed by atoms with Gasteiger partial charge in [0.05, 0.1) is 23.6 Å². The van der Waals surface area contributed by atoms with Gasteiger partial charge in [0.15, 0.2) is 0 Å². The van der Waals surface area contributed by atoms with Crippen molar-refractivity contribution in [1.82, 2.24) is 19.8 Å². The predicted molar refractivity (Wildman–Crippen MR) is 148 cm³/mol. The van der Waals surface area contributed by atoms with Gasteiger partial charge < -0.3 is 24.8 Å². The summed E-state index contributed by atoms with van der Waals surface area (Å²) in [5, 5.41) is 3.43. The number of benzene rings is 3. The first kappa shape index (κ1) is 24.1. The Morgan fingerprint density at radius 2 is 1.76 bits per heavy atom. The molecule has 2 N–H and O–H groups in total. The number of rotatable bonds is 5. The van der Waals surface area contributed by atoms with E-state index in [-0.39, 0.29) is 17.6 Å². The Morgan fingerprint density at radius 1 is 1.00 bits per heavy atom. The lowest BCUT2D eigenvalue weighted by atomic mass is 10.0. The van der Waals surface area contributed by atoms with Gasteiger partial charge in [0.25, 0.3) is 5.91 Å². The standard InChI is InChI=1S/C30H31N5O3/c1-33-16-17-38-26-13-12-23(19-25(26)33)35-28(22-10-6-3-7-11-22)27(32-30(35)37)29(36)34-15-14-31-20-24(34)18-21-8-4-2-5-9-21/h2-13,19,24,31H,14-18,20H2,1H3,(H,32,37)/t24-/m1/s1. The van der Waals surface area contributed by atoms with E-state index in [4.69, 9.17) is 4.74 Å². The maximum absolute atomic E-state index is 14.2. The van der Waals surface area contributed by atoms with E-state index in [9.17, 15) is 9.59 Å². The van der Waals surface area contributed by atoms with Gasteiger partial charge in [-0.1, -0.05) is 60.7 Å². The highest BCUT2D eigenvalue weighted by atomic mass is 16.5. The molecule has 0 unspecified atom stereocenters. The number of carbonyl (C=O) groups is 1. The van der Waals surface area contributed by atoms with Crippen molar-refractivity contribution in [1.29, 1.82) is 0 Å². The Labute approximate surface area is 221 Å². The molecule has 0 saturated carbocycles. The number of nitrogens with zero attached hydrogens (tertiary/aromatic N) is 3. The number of hydrogen-bond donors (Lipinski definition) is 2. The summed E-state index contributed by atoms with van der Waals surface area (Å²) >= 11 is 0. The van der Waals surface area contributed by atoms with Gasteiger partial charge in [-0.15, -0.1) is 0 Å². The van der Waals surface area contributed by atoms with Crippen LogP contribution in [0.15, 0.2) is 83.7 Å². The zero-order valence-corrected chi connectivity index (χ0v) is 21.4. The number of amides is 1. The van der Waals surface area contributed by atoms with E-state index in [1.165, 1.54) is 5.56 Å². The van der Waals surface area contributed by atoms with Gasteiger partial charge in [-0.25, -0.2) is 4.79 Å². The Morgan fingerprint density at radius 3 is 2.55 bits per heavy atom. The fraction of sp³-hybridized carbons (Fsp3) is 0.267. The number of aromatic nitrogens is 2. The summed E-state index contributed by atoms with van der Waals surface area (Å²) in [4.78, 5) is 34.6. The number of H-pyrrole nitrogens is 1. The molecule has 8 heteroatoms. The Kier molecular flexibility index (Phi) is 6.47. The van der Waals surface area contributed by atoms with E-state index >= 15 is 0 Å². The Balaban J connectivity index is 1.44. The molecule has 0 aliphatic carbocycles. The van der Waals surface area contributed by atoms with Gasteiger partial charge >= 0.3 is 5.69 Å². The van der Waals surface area contributed by atoms with Crippen molar-refractivity contribution in [2.24, 2.45) is 0 Å². The van der Waals surface area contributed by atoms with Crippen molar-refractivity contribution >= 4 is 11.6 Å². The second-order valence-corrected chi connectivity index (χ2v) is 9.82. The van der Waals surface area contributed by atoms with E-state index in [1.807, 2.05) is 78.7 Å². The number of aromatic amines is 1. The molecule has 4 aromatic rings. The Bertz CT molecular complexity index is 1500. The van der Waals surface area contributed by atoms with Gasteiger partial charge in [-0.2, -0.15) is 0 Å². The zero-order chi connectivity index (χ0) is 26.1. The molecule has 8 nitrogen and oxygen atoms in total. The predicted octanol–water partition coefficient (Wildman–Crippen LogP) is 3.32. The fourth-order valence-electron chi connectivity index (χ4n) is 5.42. The van der Waals surface area contributed by atoms with Crippen molar-refractivity contribution in [3.63, 3.8) is 0 Å². The third-order valence-electron chi connectivity index (χ3n) is 7.38. The van der Waals surface area contributed by atoms with Gasteiger partial charge in [0.2, 0.25) is 0 Å². The first-order chi connectivity index (χ1) is 18.6. The molecule has 1 aromatic heterocycles. The summed E-state index contributed by atoms with van der Waals surface area (Å²) < 4.78 is 7.42. The molecular weight excluding hydrogens is 478 g/mol. The lowest BCUT2D eigenvalue weighted by Crippen LogP contribution is -2.54. The first-order valence-electron chi connectivity index (χ1n) is 13.0. The van der Waals surface area contributed by atoms with E-state index in [0.29, 0.717) is 43.3 Å². The van der Waals surface area contributed by atoms with Crippen LogP contribution in [-0.4, -0.2) is 66.2 Å². The number of hydrogen-bond acceptors (Lipinski definition) is 5. The van der Waals surface area contributed by atoms with Gasteiger partial charge in [-0.3, -0.25) is 9.36 Å². The summed E-state index contributed by atoms with van der Waals surface area (Å²) in [6.45, 7) is 3.36. The molecule has 1 amide bonds. The van der Waals surface area contributed by atoms with E-state index < -0.39 is 0 Å². The number of ether oxygens (including phenoxy) is 1. The lowest BCUT2D eigenvalue weighted by Gasteiger charge is -2.36. The fourth-order valence-corrected chi connectivity index (χ4v) is 5.42. The number of anilines is 1. The summed E-state index contributed by atoms with van der Waals surface area (Å²) in [7, 11) is 2.01. The summed E-state index contributed by atoms with van der Waals surface area (Å²) in [5.74, 6) is 0.619. The smallest absolute Gasteiger partial charge is 0.331 e. The van der Waals surface area contributed by atoms with Crippen molar-refractivity contribution in [2.45, 2.75) is 12.5 Å². The number of piperazine rings is 1.